The van der Waals surface area contributed by atoms with Crippen molar-refractivity contribution in [2.75, 3.05) is 6.54 Å². The number of nitrogens with zero attached hydrogens (tertiary/aromatic N) is 1. The van der Waals surface area contributed by atoms with Crippen LogP contribution in [0.1, 0.15) is 72.6 Å². The molecule has 1 N–H and O–H groups in total. The van der Waals surface area contributed by atoms with Gasteiger partial charge in [0.25, 0.3) is 0 Å². The van der Waals surface area contributed by atoms with E-state index in [1.165, 1.54) is 32.1 Å². The summed E-state index contributed by atoms with van der Waals surface area (Å²) in [5.74, 6) is 2.50. The zero-order valence-corrected chi connectivity index (χ0v) is 14.4. The predicted octanol–water partition coefficient (Wildman–Crippen LogP) is 3.79. The highest BCUT2D eigenvalue weighted by molar-refractivity contribution is 5.84. The Labute approximate surface area is 130 Å². The number of hydrogen-bond acceptors (Lipinski definition) is 2. The van der Waals surface area contributed by atoms with Gasteiger partial charge in [0.1, 0.15) is 0 Å². The van der Waals surface area contributed by atoms with Gasteiger partial charge in [-0.1, -0.05) is 53.4 Å². The van der Waals surface area contributed by atoms with Crippen LogP contribution in [-0.4, -0.2) is 29.6 Å². The monoisotopic (exact) mass is 294 g/mol. The molecule has 0 radical (unpaired) electrons. The third kappa shape index (κ3) is 4.00. The third-order valence-corrected chi connectivity index (χ3v) is 5.50. The maximum atomic E-state index is 12.7. The fourth-order valence-electron chi connectivity index (χ4n) is 4.06. The third-order valence-electron chi connectivity index (χ3n) is 5.50. The van der Waals surface area contributed by atoms with Crippen molar-refractivity contribution in [1.82, 2.24) is 10.2 Å². The maximum Gasteiger partial charge on any atom is 0.241 e. The van der Waals surface area contributed by atoms with Crippen molar-refractivity contribution in [3.8, 4) is 0 Å². The lowest BCUT2D eigenvalue weighted by atomic mass is 9.80. The Morgan fingerprint density at radius 2 is 1.76 bits per heavy atom. The second kappa shape index (κ2) is 7.62. The summed E-state index contributed by atoms with van der Waals surface area (Å²) in [6, 6.07) is 0.0642. The molecule has 1 amide bonds. The second-order valence-electron chi connectivity index (χ2n) is 7.48. The molecule has 0 bridgehead atoms. The molecule has 2 aliphatic rings. The van der Waals surface area contributed by atoms with E-state index in [1.807, 2.05) is 0 Å². The Kier molecular flexibility index (Phi) is 6.09. The first-order valence-corrected chi connectivity index (χ1v) is 9.13. The minimum atomic E-state index is 0.0642. The van der Waals surface area contributed by atoms with Crippen molar-refractivity contribution in [1.29, 1.82) is 0 Å². The summed E-state index contributed by atoms with van der Waals surface area (Å²) in [4.78, 5) is 14.8. The van der Waals surface area contributed by atoms with Gasteiger partial charge in [-0.05, 0) is 37.0 Å². The van der Waals surface area contributed by atoms with Gasteiger partial charge in [-0.3, -0.25) is 10.1 Å². The number of carbonyl (C=O) groups is 1. The molecular formula is C18H34N2O. The Morgan fingerprint density at radius 1 is 1.14 bits per heavy atom. The highest BCUT2D eigenvalue weighted by Crippen LogP contribution is 2.32. The van der Waals surface area contributed by atoms with E-state index < -0.39 is 0 Å². The average Bonchev–Trinajstić information content (AvgIpc) is 2.78. The summed E-state index contributed by atoms with van der Waals surface area (Å²) < 4.78 is 0. The highest BCUT2D eigenvalue weighted by Gasteiger charge is 2.40. The lowest BCUT2D eigenvalue weighted by molar-refractivity contribution is -0.131. The molecule has 1 saturated carbocycles. The van der Waals surface area contributed by atoms with Crippen LogP contribution in [0.2, 0.25) is 0 Å². The van der Waals surface area contributed by atoms with Gasteiger partial charge in [-0.25, -0.2) is 0 Å². The van der Waals surface area contributed by atoms with Crippen LogP contribution in [0.3, 0.4) is 0 Å². The number of hydrogen-bond donors (Lipinski definition) is 1. The second-order valence-corrected chi connectivity index (χ2v) is 7.48. The van der Waals surface area contributed by atoms with Gasteiger partial charge in [-0.15, -0.1) is 0 Å². The largest absolute Gasteiger partial charge is 0.325 e. The molecule has 0 aromatic carbocycles. The predicted molar refractivity (Wildman–Crippen MR) is 87.9 cm³/mol. The summed E-state index contributed by atoms with van der Waals surface area (Å²) in [5.41, 5.74) is 0. The zero-order valence-electron chi connectivity index (χ0n) is 14.4. The number of carbonyl (C=O) groups excluding carboxylic acids is 1. The summed E-state index contributed by atoms with van der Waals surface area (Å²) >= 11 is 0. The number of rotatable bonds is 6. The van der Waals surface area contributed by atoms with Gasteiger partial charge in [-0.2, -0.15) is 0 Å². The van der Waals surface area contributed by atoms with E-state index in [-0.39, 0.29) is 12.2 Å². The quantitative estimate of drug-likeness (QED) is 0.808. The molecule has 1 saturated heterocycles. The first-order chi connectivity index (χ1) is 10.1. The van der Waals surface area contributed by atoms with Crippen molar-refractivity contribution in [2.45, 2.75) is 84.8 Å². The smallest absolute Gasteiger partial charge is 0.241 e. The van der Waals surface area contributed by atoms with Gasteiger partial charge >= 0.3 is 0 Å². The lowest BCUT2D eigenvalue weighted by Crippen LogP contribution is -2.44. The SMILES string of the molecule is CCCC1NC(C(C)C)N(CC2CCC(CC)CC2)C1=O. The van der Waals surface area contributed by atoms with Crippen LogP contribution in [0.25, 0.3) is 0 Å². The standard InChI is InChI=1S/C18H34N2O/c1-5-7-16-18(21)20(17(19-16)13(3)4)12-15-10-8-14(6-2)9-11-15/h13-17,19H,5-12H2,1-4H3. The van der Waals surface area contributed by atoms with E-state index in [1.54, 1.807) is 0 Å². The van der Waals surface area contributed by atoms with Gasteiger partial charge < -0.3 is 4.90 Å². The van der Waals surface area contributed by atoms with Crippen molar-refractivity contribution < 1.29 is 4.79 Å². The van der Waals surface area contributed by atoms with Crippen LogP contribution in [0.5, 0.6) is 0 Å². The molecule has 122 valence electrons. The minimum Gasteiger partial charge on any atom is -0.325 e. The van der Waals surface area contributed by atoms with E-state index in [0.29, 0.717) is 11.8 Å². The summed E-state index contributed by atoms with van der Waals surface area (Å²) in [6.45, 7) is 9.89. The molecule has 0 aromatic rings. The summed E-state index contributed by atoms with van der Waals surface area (Å²) in [7, 11) is 0. The topological polar surface area (TPSA) is 32.3 Å². The average molecular weight is 294 g/mol. The first-order valence-electron chi connectivity index (χ1n) is 9.13. The van der Waals surface area contributed by atoms with E-state index in [2.05, 4.69) is 37.9 Å². The van der Waals surface area contributed by atoms with Crippen molar-refractivity contribution >= 4 is 5.91 Å². The Bertz CT molecular complexity index is 334. The molecule has 2 unspecified atom stereocenters. The van der Waals surface area contributed by atoms with Gasteiger partial charge in [0.15, 0.2) is 0 Å². The lowest BCUT2D eigenvalue weighted by Gasteiger charge is -2.34. The summed E-state index contributed by atoms with van der Waals surface area (Å²) in [5, 5.41) is 3.58. The van der Waals surface area contributed by atoms with E-state index >= 15 is 0 Å². The van der Waals surface area contributed by atoms with E-state index in [4.69, 9.17) is 0 Å². The molecule has 21 heavy (non-hydrogen) atoms. The molecule has 0 aromatic heterocycles. The van der Waals surface area contributed by atoms with Crippen LogP contribution in [0.15, 0.2) is 0 Å². The molecule has 2 fully saturated rings. The molecule has 3 nitrogen and oxygen atoms in total. The van der Waals surface area contributed by atoms with Crippen LogP contribution in [-0.2, 0) is 4.79 Å². The molecule has 2 rings (SSSR count). The van der Waals surface area contributed by atoms with Crippen molar-refractivity contribution in [3.63, 3.8) is 0 Å². The first kappa shape index (κ1) is 16.8. The molecular weight excluding hydrogens is 260 g/mol. The van der Waals surface area contributed by atoms with Crippen molar-refractivity contribution in [3.05, 3.63) is 0 Å². The molecule has 1 aliphatic heterocycles. The Balaban J connectivity index is 1.94. The molecule has 2 atom stereocenters. The van der Waals surface area contributed by atoms with E-state index in [0.717, 1.165) is 31.2 Å². The maximum absolute atomic E-state index is 12.7. The van der Waals surface area contributed by atoms with Crippen LogP contribution in [0.4, 0.5) is 0 Å². The normalized spacial score (nSPS) is 34.0. The van der Waals surface area contributed by atoms with Gasteiger partial charge in [0, 0.05) is 6.54 Å². The number of amides is 1. The van der Waals surface area contributed by atoms with Crippen LogP contribution >= 0.6 is 0 Å². The van der Waals surface area contributed by atoms with Crippen molar-refractivity contribution in [2.24, 2.45) is 17.8 Å². The Hall–Kier alpha value is -0.570. The van der Waals surface area contributed by atoms with Crippen LogP contribution in [0, 0.1) is 17.8 Å². The zero-order chi connectivity index (χ0) is 15.4. The van der Waals surface area contributed by atoms with Crippen LogP contribution < -0.4 is 5.32 Å². The minimum absolute atomic E-state index is 0.0642. The van der Waals surface area contributed by atoms with Gasteiger partial charge in [0.2, 0.25) is 5.91 Å². The molecule has 1 aliphatic carbocycles. The highest BCUT2D eigenvalue weighted by atomic mass is 16.2. The van der Waals surface area contributed by atoms with E-state index in [9.17, 15) is 4.79 Å². The fourth-order valence-corrected chi connectivity index (χ4v) is 4.06. The Morgan fingerprint density at radius 3 is 2.29 bits per heavy atom. The number of nitrogens with one attached hydrogen (secondary N) is 1. The van der Waals surface area contributed by atoms with Gasteiger partial charge in [0.05, 0.1) is 12.2 Å². The molecule has 3 heteroatoms. The fraction of sp³-hybridized carbons (Fsp3) is 0.944. The summed E-state index contributed by atoms with van der Waals surface area (Å²) in [6.07, 6.45) is 8.97. The molecule has 0 spiro atoms. The molecule has 1 heterocycles.